The Morgan fingerprint density at radius 2 is 1.70 bits per heavy atom. The van der Waals surface area contributed by atoms with Gasteiger partial charge in [-0.25, -0.2) is 27.2 Å². The molecule has 3 N–H and O–H groups in total. The fourth-order valence-electron chi connectivity index (χ4n) is 4.04. The minimum Gasteiger partial charge on any atom is -0.497 e. The predicted octanol–water partition coefficient (Wildman–Crippen LogP) is 4.12. The number of para-hydroxylation sites is 2. The number of carbonyl (C=O) groups is 1. The van der Waals surface area contributed by atoms with E-state index in [1.807, 2.05) is 0 Å². The molecule has 0 atom stereocenters. The highest BCUT2D eigenvalue weighted by molar-refractivity contribution is 7.90. The SMILES string of the molecule is COc1cc(Nc2nc3ccccc3nc2CS(=O)(=O)c2ccc(C(=O)NCC(F)F)cc2)c(OCCCO)c(OC)c1. The molecule has 0 fully saturated rings. The number of sulfone groups is 1. The van der Waals surface area contributed by atoms with Gasteiger partial charge in [-0.05, 0) is 36.4 Å². The van der Waals surface area contributed by atoms with Crippen LogP contribution in [-0.2, 0) is 15.6 Å². The number of rotatable bonds is 14. The Morgan fingerprint density at radius 3 is 2.33 bits per heavy atom. The lowest BCUT2D eigenvalue weighted by molar-refractivity contribution is 0.0891. The zero-order valence-corrected chi connectivity index (χ0v) is 24.2. The van der Waals surface area contributed by atoms with E-state index in [0.29, 0.717) is 40.4 Å². The first kappa shape index (κ1) is 31.4. The summed E-state index contributed by atoms with van der Waals surface area (Å²) < 4.78 is 68.6. The van der Waals surface area contributed by atoms with Crippen LogP contribution in [0.2, 0.25) is 0 Å². The highest BCUT2D eigenvalue weighted by Crippen LogP contribution is 2.41. The van der Waals surface area contributed by atoms with Crippen molar-refractivity contribution in [3.63, 3.8) is 0 Å². The summed E-state index contributed by atoms with van der Waals surface area (Å²) in [7, 11) is -1.08. The van der Waals surface area contributed by atoms with Crippen molar-refractivity contribution in [3.05, 3.63) is 71.9 Å². The largest absolute Gasteiger partial charge is 0.497 e. The Hall–Kier alpha value is -4.56. The normalized spacial score (nSPS) is 11.4. The summed E-state index contributed by atoms with van der Waals surface area (Å²) in [5.41, 5.74) is 1.46. The van der Waals surface area contributed by atoms with Crippen molar-refractivity contribution in [2.45, 2.75) is 23.5 Å². The van der Waals surface area contributed by atoms with Gasteiger partial charge in [-0.15, -0.1) is 0 Å². The molecule has 0 spiro atoms. The number of amides is 1. The van der Waals surface area contributed by atoms with Gasteiger partial charge < -0.3 is 30.0 Å². The number of fused-ring (bicyclic) bond motifs is 1. The number of hydrogen-bond acceptors (Lipinski definition) is 10. The molecule has 1 heterocycles. The molecular formula is C29H30F2N4O7S. The second kappa shape index (κ2) is 14.1. The molecule has 0 radical (unpaired) electrons. The number of aliphatic hydroxyl groups is 1. The van der Waals surface area contributed by atoms with E-state index in [2.05, 4.69) is 20.6 Å². The van der Waals surface area contributed by atoms with Crippen LogP contribution in [0.1, 0.15) is 22.5 Å². The summed E-state index contributed by atoms with van der Waals surface area (Å²) in [5.74, 6) is -0.128. The van der Waals surface area contributed by atoms with E-state index in [9.17, 15) is 27.1 Å². The van der Waals surface area contributed by atoms with E-state index >= 15 is 0 Å². The number of nitrogens with zero attached hydrogens (tertiary/aromatic N) is 2. The number of methoxy groups -OCH3 is 2. The first-order valence-corrected chi connectivity index (χ1v) is 14.7. The second-order valence-electron chi connectivity index (χ2n) is 9.15. The van der Waals surface area contributed by atoms with Crippen LogP contribution in [0.15, 0.2) is 65.6 Å². The molecule has 43 heavy (non-hydrogen) atoms. The van der Waals surface area contributed by atoms with Crippen LogP contribution in [0.5, 0.6) is 17.2 Å². The monoisotopic (exact) mass is 616 g/mol. The van der Waals surface area contributed by atoms with Crippen LogP contribution in [0.3, 0.4) is 0 Å². The molecule has 0 aliphatic carbocycles. The molecule has 0 aliphatic heterocycles. The molecule has 0 unspecified atom stereocenters. The average molecular weight is 617 g/mol. The minimum atomic E-state index is -4.02. The highest BCUT2D eigenvalue weighted by atomic mass is 32.2. The Balaban J connectivity index is 1.71. The summed E-state index contributed by atoms with van der Waals surface area (Å²) >= 11 is 0. The lowest BCUT2D eigenvalue weighted by Crippen LogP contribution is -2.28. The second-order valence-corrected chi connectivity index (χ2v) is 11.1. The first-order chi connectivity index (χ1) is 20.6. The minimum absolute atomic E-state index is 0.0353. The van der Waals surface area contributed by atoms with Crippen molar-refractivity contribution in [2.24, 2.45) is 0 Å². The lowest BCUT2D eigenvalue weighted by atomic mass is 10.2. The summed E-state index contributed by atoms with van der Waals surface area (Å²) in [6.07, 6.45) is -2.35. The topological polar surface area (TPSA) is 149 Å². The Morgan fingerprint density at radius 1 is 1.00 bits per heavy atom. The predicted molar refractivity (Wildman–Crippen MR) is 155 cm³/mol. The van der Waals surface area contributed by atoms with Gasteiger partial charge in [0.05, 0.1) is 54.7 Å². The number of ether oxygens (including phenoxy) is 3. The van der Waals surface area contributed by atoms with Crippen molar-refractivity contribution in [3.8, 4) is 17.2 Å². The number of carbonyl (C=O) groups excluding carboxylic acids is 1. The number of alkyl halides is 2. The van der Waals surface area contributed by atoms with Crippen molar-refractivity contribution in [1.29, 1.82) is 0 Å². The summed E-state index contributed by atoms with van der Waals surface area (Å²) in [6, 6.07) is 15.2. The van der Waals surface area contributed by atoms with Gasteiger partial charge in [0.15, 0.2) is 27.2 Å². The lowest BCUT2D eigenvalue weighted by Gasteiger charge is -2.19. The summed E-state index contributed by atoms with van der Waals surface area (Å²) in [4.78, 5) is 21.2. The Kier molecular flexibility index (Phi) is 10.3. The number of aromatic nitrogens is 2. The quantitative estimate of drug-likeness (QED) is 0.177. The Labute approximate surface area is 246 Å². The molecule has 0 saturated heterocycles. The molecule has 228 valence electrons. The van der Waals surface area contributed by atoms with Crippen LogP contribution in [-0.4, -0.2) is 69.8 Å². The molecule has 1 aromatic heterocycles. The fourth-order valence-corrected chi connectivity index (χ4v) is 5.32. The fraction of sp³-hybridized carbons (Fsp3) is 0.276. The van der Waals surface area contributed by atoms with Gasteiger partial charge in [0.2, 0.25) is 0 Å². The number of halogens is 2. The molecular weight excluding hydrogens is 586 g/mol. The number of aliphatic hydroxyl groups excluding tert-OH is 1. The van der Waals surface area contributed by atoms with E-state index in [1.54, 1.807) is 36.4 Å². The molecule has 11 nitrogen and oxygen atoms in total. The molecule has 0 aliphatic rings. The maximum atomic E-state index is 13.5. The third kappa shape index (κ3) is 7.84. The highest BCUT2D eigenvalue weighted by Gasteiger charge is 2.23. The van der Waals surface area contributed by atoms with Gasteiger partial charge >= 0.3 is 0 Å². The van der Waals surface area contributed by atoms with Gasteiger partial charge in [0.1, 0.15) is 11.5 Å². The Bertz CT molecular complexity index is 1690. The van der Waals surface area contributed by atoms with Gasteiger partial charge in [-0.2, -0.15) is 0 Å². The van der Waals surface area contributed by atoms with Crippen molar-refractivity contribution >= 4 is 38.3 Å². The van der Waals surface area contributed by atoms with E-state index in [4.69, 9.17) is 14.2 Å². The van der Waals surface area contributed by atoms with Gasteiger partial charge in [0.25, 0.3) is 12.3 Å². The molecule has 1 amide bonds. The molecule has 14 heteroatoms. The molecule has 3 aromatic carbocycles. The number of benzene rings is 3. The molecule has 4 rings (SSSR count). The van der Waals surface area contributed by atoms with Crippen LogP contribution < -0.4 is 24.8 Å². The van der Waals surface area contributed by atoms with Gasteiger partial charge in [-0.1, -0.05) is 12.1 Å². The third-order valence-corrected chi connectivity index (χ3v) is 7.79. The first-order valence-electron chi connectivity index (χ1n) is 13.1. The zero-order valence-electron chi connectivity index (χ0n) is 23.3. The third-order valence-electron chi connectivity index (χ3n) is 6.15. The molecule has 4 aromatic rings. The summed E-state index contributed by atoms with van der Waals surface area (Å²) in [6.45, 7) is -0.724. The van der Waals surface area contributed by atoms with Crippen molar-refractivity contribution < 1.29 is 41.3 Å². The zero-order chi connectivity index (χ0) is 31.0. The summed E-state index contributed by atoms with van der Waals surface area (Å²) in [5, 5.41) is 14.4. The average Bonchev–Trinajstić information content (AvgIpc) is 3.00. The van der Waals surface area contributed by atoms with Crippen LogP contribution >= 0.6 is 0 Å². The van der Waals surface area contributed by atoms with Gasteiger partial charge in [0, 0.05) is 30.7 Å². The molecule has 0 saturated carbocycles. The van der Waals surface area contributed by atoms with E-state index in [-0.39, 0.29) is 35.2 Å². The van der Waals surface area contributed by atoms with Crippen LogP contribution in [0, 0.1) is 0 Å². The standard InChI is InChI=1S/C29H30F2N4O7S/c1-40-19-14-23(27(25(15-19)41-2)42-13-5-12-36)35-28-24(33-21-6-3-4-7-22(21)34-28)17-43(38,39)20-10-8-18(9-11-20)29(37)32-16-26(30)31/h3-4,6-11,14-15,26,36H,5,12-13,16-17H2,1-2H3,(H,32,37)(H,34,35). The van der Waals surface area contributed by atoms with Gasteiger partial charge in [-0.3, -0.25) is 4.79 Å². The maximum absolute atomic E-state index is 13.5. The van der Waals surface area contributed by atoms with E-state index in [0.717, 1.165) is 0 Å². The van der Waals surface area contributed by atoms with E-state index < -0.39 is 34.5 Å². The van der Waals surface area contributed by atoms with Crippen molar-refractivity contribution in [1.82, 2.24) is 15.3 Å². The van der Waals surface area contributed by atoms with Crippen LogP contribution in [0.4, 0.5) is 20.3 Å². The van der Waals surface area contributed by atoms with Crippen LogP contribution in [0.25, 0.3) is 11.0 Å². The maximum Gasteiger partial charge on any atom is 0.255 e. The van der Waals surface area contributed by atoms with E-state index in [1.165, 1.54) is 38.5 Å². The van der Waals surface area contributed by atoms with Crippen molar-refractivity contribution in [2.75, 3.05) is 39.3 Å². The number of nitrogens with one attached hydrogen (secondary N) is 2. The smallest absolute Gasteiger partial charge is 0.255 e. The molecule has 0 bridgehead atoms. The number of hydrogen-bond donors (Lipinski definition) is 3. The number of anilines is 2.